The molecule has 3 N–H and O–H groups in total. The summed E-state index contributed by atoms with van der Waals surface area (Å²) in [7, 11) is 1.35. The van der Waals surface area contributed by atoms with Crippen molar-refractivity contribution >= 4 is 11.8 Å². The summed E-state index contributed by atoms with van der Waals surface area (Å²) in [6.45, 7) is 0. The number of hydrogen-bond donors (Lipinski definition) is 3. The Labute approximate surface area is 121 Å². The van der Waals surface area contributed by atoms with Gasteiger partial charge in [0.2, 0.25) is 0 Å². The third kappa shape index (κ3) is 2.67. The van der Waals surface area contributed by atoms with E-state index >= 15 is 0 Å². The minimum absolute atomic E-state index is 0.415. The van der Waals surface area contributed by atoms with Gasteiger partial charge in [-0.05, 0) is 12.1 Å². The molecule has 0 spiro atoms. The molecule has 2 aromatic rings. The lowest BCUT2D eigenvalue weighted by atomic mass is 10.1. The third-order valence-electron chi connectivity index (χ3n) is 2.96. The number of aromatic nitrogens is 1. The van der Waals surface area contributed by atoms with Crippen molar-refractivity contribution in [2.75, 3.05) is 7.11 Å². The number of hydrogen-bond acceptors (Lipinski definition) is 7. The quantitative estimate of drug-likeness (QED) is 0.723. The van der Waals surface area contributed by atoms with Gasteiger partial charge in [-0.15, -0.1) is 10.6 Å². The molecule has 1 aromatic carbocycles. The number of rotatable bonds is 3. The van der Waals surface area contributed by atoms with Crippen molar-refractivity contribution in [2.24, 2.45) is 5.10 Å². The summed E-state index contributed by atoms with van der Waals surface area (Å²) in [5.41, 5.74) is 10.5. The van der Waals surface area contributed by atoms with Crippen LogP contribution in [0.3, 0.4) is 0 Å². The number of nitrogens with zero attached hydrogens (tertiary/aromatic N) is 2. The van der Waals surface area contributed by atoms with Crippen LogP contribution in [0.25, 0.3) is 11.3 Å². The Kier molecular flexibility index (Phi) is 3.48. The number of esters is 1. The minimum atomic E-state index is -0.421. The normalized spacial score (nSPS) is 13.1. The van der Waals surface area contributed by atoms with Crippen LogP contribution in [0.5, 0.6) is 0 Å². The fourth-order valence-corrected chi connectivity index (χ4v) is 1.96. The summed E-state index contributed by atoms with van der Waals surface area (Å²) in [6.07, 6.45) is 0. The monoisotopic (exact) mass is 283 g/mol. The first kappa shape index (κ1) is 13.1. The minimum Gasteiger partial charge on any atom is -0.465 e. The van der Waals surface area contributed by atoms with Crippen LogP contribution in [-0.4, -0.2) is 23.9 Å². The molecule has 0 atom stereocenters. The number of carbonyl (C=O) groups is 1. The molecule has 106 valence electrons. The Bertz CT molecular complexity index is 700. The smallest absolute Gasteiger partial charge is 0.338 e. The van der Waals surface area contributed by atoms with Gasteiger partial charge in [-0.1, -0.05) is 30.3 Å². The first-order valence-corrected chi connectivity index (χ1v) is 6.28. The van der Waals surface area contributed by atoms with E-state index < -0.39 is 5.97 Å². The van der Waals surface area contributed by atoms with Gasteiger partial charge in [0.1, 0.15) is 5.69 Å². The fraction of sp³-hybridized carbons (Fsp3) is 0.0714. The van der Waals surface area contributed by atoms with Gasteiger partial charge in [-0.2, -0.15) is 0 Å². The van der Waals surface area contributed by atoms with E-state index in [2.05, 4.69) is 26.6 Å². The highest BCUT2D eigenvalue weighted by Gasteiger charge is 2.16. The van der Waals surface area contributed by atoms with Crippen molar-refractivity contribution in [2.45, 2.75) is 0 Å². The van der Waals surface area contributed by atoms with Gasteiger partial charge in [-0.3, -0.25) is 5.43 Å². The van der Waals surface area contributed by atoms with Crippen molar-refractivity contribution in [3.05, 3.63) is 53.7 Å². The third-order valence-corrected chi connectivity index (χ3v) is 2.96. The highest BCUT2D eigenvalue weighted by atomic mass is 16.5. The molecule has 0 radical (unpaired) electrons. The maximum absolute atomic E-state index is 11.8. The maximum atomic E-state index is 11.8. The molecular weight excluding hydrogens is 270 g/mol. The van der Waals surface area contributed by atoms with E-state index in [4.69, 9.17) is 4.74 Å². The van der Waals surface area contributed by atoms with Crippen LogP contribution >= 0.6 is 0 Å². The van der Waals surface area contributed by atoms with Crippen LogP contribution in [0.4, 0.5) is 0 Å². The molecule has 0 saturated carbocycles. The number of hydrazone groups is 1. The van der Waals surface area contributed by atoms with Gasteiger partial charge in [0.15, 0.2) is 5.84 Å². The standard InChI is InChI=1S/C14H13N5O2/c1-21-14(20)10-7-11(9-5-3-2-4-6-9)15-12(8-10)13-16-18-19-17-13/h2-8,18-19H,1H3,(H,16,17). The molecule has 3 rings (SSSR count). The van der Waals surface area contributed by atoms with E-state index in [1.54, 1.807) is 12.1 Å². The van der Waals surface area contributed by atoms with Gasteiger partial charge in [-0.25, -0.2) is 15.3 Å². The number of carbonyl (C=O) groups excluding carboxylic acids is 1. The largest absolute Gasteiger partial charge is 0.465 e. The molecule has 0 aliphatic carbocycles. The predicted molar refractivity (Wildman–Crippen MR) is 77.0 cm³/mol. The summed E-state index contributed by atoms with van der Waals surface area (Å²) < 4.78 is 4.79. The number of amidine groups is 1. The summed E-state index contributed by atoms with van der Waals surface area (Å²) >= 11 is 0. The second-order valence-corrected chi connectivity index (χ2v) is 4.31. The lowest BCUT2D eigenvalue weighted by Gasteiger charge is -2.08. The maximum Gasteiger partial charge on any atom is 0.338 e. The molecule has 0 unspecified atom stereocenters. The van der Waals surface area contributed by atoms with Crippen LogP contribution in [0.1, 0.15) is 16.1 Å². The lowest BCUT2D eigenvalue weighted by molar-refractivity contribution is 0.0600. The van der Waals surface area contributed by atoms with Crippen molar-refractivity contribution in [1.82, 2.24) is 21.5 Å². The van der Waals surface area contributed by atoms with Gasteiger partial charge in [0.05, 0.1) is 18.4 Å². The van der Waals surface area contributed by atoms with Gasteiger partial charge in [0.25, 0.3) is 0 Å². The molecule has 2 heterocycles. The van der Waals surface area contributed by atoms with E-state index in [9.17, 15) is 4.79 Å². The number of ether oxygens (including phenoxy) is 1. The van der Waals surface area contributed by atoms with E-state index in [-0.39, 0.29) is 0 Å². The van der Waals surface area contributed by atoms with Crippen LogP contribution in [0.2, 0.25) is 0 Å². The number of benzene rings is 1. The summed E-state index contributed by atoms with van der Waals surface area (Å²) in [6, 6.07) is 12.9. The van der Waals surface area contributed by atoms with Crippen LogP contribution in [0.15, 0.2) is 47.6 Å². The molecule has 1 aliphatic heterocycles. The van der Waals surface area contributed by atoms with E-state index in [1.807, 2.05) is 30.3 Å². The van der Waals surface area contributed by atoms with Crippen LogP contribution in [-0.2, 0) is 4.74 Å². The summed E-state index contributed by atoms with van der Waals surface area (Å²) in [5, 5.41) is 4.00. The molecule has 0 saturated heterocycles. The molecule has 7 heteroatoms. The van der Waals surface area contributed by atoms with Gasteiger partial charge < -0.3 is 4.74 Å². The zero-order chi connectivity index (χ0) is 14.7. The second-order valence-electron chi connectivity index (χ2n) is 4.31. The Morgan fingerprint density at radius 2 is 1.90 bits per heavy atom. The van der Waals surface area contributed by atoms with Crippen LogP contribution < -0.4 is 16.5 Å². The molecule has 7 nitrogen and oxygen atoms in total. The van der Waals surface area contributed by atoms with Crippen LogP contribution in [0, 0.1) is 0 Å². The molecule has 0 amide bonds. The zero-order valence-electron chi connectivity index (χ0n) is 11.3. The molecule has 0 fully saturated rings. The topological polar surface area (TPSA) is 87.6 Å². The average molecular weight is 283 g/mol. The SMILES string of the molecule is COC(=O)c1cc(C2=NNNN2)nc(-c2ccccc2)c1. The predicted octanol–water partition coefficient (Wildman–Crippen LogP) is 0.809. The Morgan fingerprint density at radius 1 is 1.14 bits per heavy atom. The molecule has 1 aromatic heterocycles. The van der Waals surface area contributed by atoms with Gasteiger partial charge in [0, 0.05) is 5.56 Å². The number of nitrogens with one attached hydrogen (secondary N) is 3. The first-order chi connectivity index (χ1) is 10.3. The first-order valence-electron chi connectivity index (χ1n) is 6.28. The van der Waals surface area contributed by atoms with E-state index in [1.165, 1.54) is 7.11 Å². The fourth-order valence-electron chi connectivity index (χ4n) is 1.96. The van der Waals surface area contributed by atoms with Crippen molar-refractivity contribution in [3.8, 4) is 11.3 Å². The van der Waals surface area contributed by atoms with E-state index in [0.717, 1.165) is 5.56 Å². The van der Waals surface area contributed by atoms with Gasteiger partial charge >= 0.3 is 5.97 Å². The molecule has 0 bridgehead atoms. The summed E-state index contributed by atoms with van der Waals surface area (Å²) in [5.74, 6) is 0.0771. The highest BCUT2D eigenvalue weighted by molar-refractivity contribution is 6.00. The number of hydrazine groups is 2. The highest BCUT2D eigenvalue weighted by Crippen LogP contribution is 2.19. The van der Waals surface area contributed by atoms with Crippen molar-refractivity contribution in [3.63, 3.8) is 0 Å². The number of pyridine rings is 1. The van der Waals surface area contributed by atoms with Crippen molar-refractivity contribution < 1.29 is 9.53 Å². The summed E-state index contributed by atoms with van der Waals surface area (Å²) in [4.78, 5) is 16.3. The van der Waals surface area contributed by atoms with Crippen molar-refractivity contribution in [1.29, 1.82) is 0 Å². The number of methoxy groups -OCH3 is 1. The van der Waals surface area contributed by atoms with E-state index in [0.29, 0.717) is 22.8 Å². The lowest BCUT2D eigenvalue weighted by Crippen LogP contribution is -2.35. The Morgan fingerprint density at radius 3 is 2.57 bits per heavy atom. The zero-order valence-corrected chi connectivity index (χ0v) is 11.3. The molecule has 21 heavy (non-hydrogen) atoms. The molecular formula is C14H13N5O2. The average Bonchev–Trinajstić information content (AvgIpc) is 3.09. The molecule has 1 aliphatic rings. The Balaban J connectivity index is 2.11. The second kappa shape index (κ2) is 5.59. The Hall–Kier alpha value is -2.93.